The highest BCUT2D eigenvalue weighted by molar-refractivity contribution is 7.26. The summed E-state index contributed by atoms with van der Waals surface area (Å²) in [7, 11) is 0. The van der Waals surface area contributed by atoms with Crippen LogP contribution in [0, 0.1) is 0 Å². The molecule has 0 spiro atoms. The van der Waals surface area contributed by atoms with Crippen LogP contribution < -0.4 is 0 Å². The number of thiophene rings is 1. The molecule has 1 nitrogen and oxygen atoms in total. The first kappa shape index (κ1) is 28.6. The predicted molar refractivity (Wildman–Crippen MR) is 215 cm³/mol. The number of furan rings is 1. The van der Waals surface area contributed by atoms with Crippen molar-refractivity contribution in [1.82, 2.24) is 0 Å². The smallest absolute Gasteiger partial charge is 0.143 e. The van der Waals surface area contributed by atoms with Gasteiger partial charge in [0.05, 0.1) is 5.41 Å². The highest BCUT2D eigenvalue weighted by Gasteiger charge is 2.48. The van der Waals surface area contributed by atoms with Crippen LogP contribution in [0.1, 0.15) is 22.3 Å². The van der Waals surface area contributed by atoms with E-state index in [-0.39, 0.29) is 0 Å². The van der Waals surface area contributed by atoms with E-state index in [1.165, 1.54) is 70.2 Å². The Hall–Kier alpha value is -6.22. The predicted octanol–water partition coefficient (Wildman–Crippen LogP) is 13.7. The molecule has 2 heterocycles. The van der Waals surface area contributed by atoms with Crippen molar-refractivity contribution < 1.29 is 4.42 Å². The molecule has 10 aromatic rings. The second-order valence-electron chi connectivity index (χ2n) is 13.5. The van der Waals surface area contributed by atoms with E-state index in [9.17, 15) is 0 Å². The molecule has 2 heteroatoms. The molecular formula is C49H30OS. The molecule has 0 unspecified atom stereocenters. The summed E-state index contributed by atoms with van der Waals surface area (Å²) in [5.74, 6) is 0. The summed E-state index contributed by atoms with van der Waals surface area (Å²) in [5, 5.41) is 4.89. The van der Waals surface area contributed by atoms with E-state index < -0.39 is 5.41 Å². The number of benzene rings is 8. The average molecular weight is 667 g/mol. The maximum atomic E-state index is 6.70. The summed E-state index contributed by atoms with van der Waals surface area (Å²) in [5.41, 5.74) is 13.7. The van der Waals surface area contributed by atoms with Crippen LogP contribution in [0.4, 0.5) is 0 Å². The molecule has 0 fully saturated rings. The summed E-state index contributed by atoms with van der Waals surface area (Å²) in [6.45, 7) is 0. The van der Waals surface area contributed by atoms with Gasteiger partial charge in [-0.1, -0.05) is 170 Å². The van der Waals surface area contributed by atoms with E-state index in [1.807, 2.05) is 17.4 Å². The number of para-hydroxylation sites is 2. The van der Waals surface area contributed by atoms with Gasteiger partial charge in [0.25, 0.3) is 0 Å². The lowest BCUT2D eigenvalue weighted by atomic mass is 9.64. The fourth-order valence-electron chi connectivity index (χ4n) is 8.97. The molecule has 0 atom stereocenters. The van der Waals surface area contributed by atoms with Crippen LogP contribution in [0.5, 0.6) is 0 Å². The van der Waals surface area contributed by atoms with E-state index in [2.05, 4.69) is 176 Å². The molecule has 1 aliphatic carbocycles. The van der Waals surface area contributed by atoms with Crippen molar-refractivity contribution in [2.75, 3.05) is 0 Å². The first-order chi connectivity index (χ1) is 25.3. The molecule has 51 heavy (non-hydrogen) atoms. The van der Waals surface area contributed by atoms with Crippen LogP contribution in [0.25, 0.3) is 75.5 Å². The van der Waals surface area contributed by atoms with Crippen molar-refractivity contribution in [2.24, 2.45) is 0 Å². The van der Waals surface area contributed by atoms with Gasteiger partial charge in [0.15, 0.2) is 0 Å². The zero-order chi connectivity index (χ0) is 33.5. The lowest BCUT2D eigenvalue weighted by Gasteiger charge is -2.37. The number of rotatable bonds is 4. The van der Waals surface area contributed by atoms with Crippen molar-refractivity contribution in [3.63, 3.8) is 0 Å². The summed E-state index contributed by atoms with van der Waals surface area (Å²) >= 11 is 1.89. The Morgan fingerprint density at radius 1 is 0.333 bits per heavy atom. The topological polar surface area (TPSA) is 13.1 Å². The van der Waals surface area contributed by atoms with Crippen LogP contribution in [-0.4, -0.2) is 0 Å². The first-order valence-corrected chi connectivity index (χ1v) is 18.3. The molecule has 0 aliphatic heterocycles. The summed E-state index contributed by atoms with van der Waals surface area (Å²) in [6, 6.07) is 66.8. The van der Waals surface area contributed by atoms with E-state index >= 15 is 0 Å². The van der Waals surface area contributed by atoms with E-state index in [0.29, 0.717) is 0 Å². The number of fused-ring (bicyclic) bond motifs is 9. The third kappa shape index (κ3) is 3.91. The largest absolute Gasteiger partial charge is 0.455 e. The molecule has 0 saturated heterocycles. The fraction of sp³-hybridized carbons (Fsp3) is 0.0204. The first-order valence-electron chi connectivity index (χ1n) is 17.5. The van der Waals surface area contributed by atoms with E-state index in [1.54, 1.807) is 0 Å². The highest BCUT2D eigenvalue weighted by atomic mass is 32.1. The monoisotopic (exact) mass is 666 g/mol. The zero-order valence-corrected chi connectivity index (χ0v) is 28.5. The highest BCUT2D eigenvalue weighted by Crippen LogP contribution is 2.60. The van der Waals surface area contributed by atoms with Gasteiger partial charge < -0.3 is 4.42 Å². The van der Waals surface area contributed by atoms with Gasteiger partial charge in [-0.2, -0.15) is 0 Å². The zero-order valence-electron chi connectivity index (χ0n) is 27.6. The van der Waals surface area contributed by atoms with Crippen LogP contribution in [0.2, 0.25) is 0 Å². The molecule has 0 bridgehead atoms. The van der Waals surface area contributed by atoms with Gasteiger partial charge in [-0.15, -0.1) is 11.3 Å². The Balaban J connectivity index is 1.29. The maximum Gasteiger partial charge on any atom is 0.143 e. The fourth-order valence-corrected chi connectivity index (χ4v) is 10.2. The quantitative estimate of drug-likeness (QED) is 0.182. The molecule has 0 N–H and O–H groups in total. The van der Waals surface area contributed by atoms with Crippen LogP contribution in [-0.2, 0) is 5.41 Å². The SMILES string of the molecule is c1ccc2c(c1)-c1ccccc1C2(c1ccccc1-c1cccc2c1oc1ccccc12)c1ccccc1-c1cccc2c1sc1ccccc12. The molecule has 238 valence electrons. The third-order valence-electron chi connectivity index (χ3n) is 11.0. The molecule has 0 radical (unpaired) electrons. The minimum atomic E-state index is -0.618. The second-order valence-corrected chi connectivity index (χ2v) is 14.5. The van der Waals surface area contributed by atoms with Gasteiger partial charge in [0, 0.05) is 36.5 Å². The van der Waals surface area contributed by atoms with Crippen molar-refractivity contribution in [2.45, 2.75) is 5.41 Å². The van der Waals surface area contributed by atoms with Crippen LogP contribution in [0.15, 0.2) is 186 Å². The lowest BCUT2D eigenvalue weighted by molar-refractivity contribution is 0.669. The van der Waals surface area contributed by atoms with Gasteiger partial charge in [-0.05, 0) is 62.2 Å². The van der Waals surface area contributed by atoms with Gasteiger partial charge in [0.1, 0.15) is 11.2 Å². The van der Waals surface area contributed by atoms with Crippen molar-refractivity contribution >= 4 is 53.4 Å². The Bertz CT molecular complexity index is 2790. The van der Waals surface area contributed by atoms with E-state index in [4.69, 9.17) is 4.42 Å². The minimum absolute atomic E-state index is 0.618. The Kier molecular flexibility index (Phi) is 6.11. The van der Waals surface area contributed by atoms with Gasteiger partial charge >= 0.3 is 0 Å². The van der Waals surface area contributed by atoms with Crippen LogP contribution in [0.3, 0.4) is 0 Å². The van der Waals surface area contributed by atoms with Crippen LogP contribution >= 0.6 is 11.3 Å². The Labute approximate surface area is 299 Å². The molecule has 0 amide bonds. The average Bonchev–Trinajstić information content (AvgIpc) is 3.87. The standard InChI is InChI=1S/C49H30OS/c1-7-25-41-31(15-1)32-16-2-8-26-42(32)49(41,43-27-9-3-17-33(43)37-21-13-22-38-35-19-5-11-29-45(35)50-47(37)38)44-28-10-4-18-34(44)39-23-14-24-40-36-20-6-12-30-46(36)51-48(39)40/h1-30H. The molecule has 0 saturated carbocycles. The third-order valence-corrected chi connectivity index (χ3v) is 12.2. The van der Waals surface area contributed by atoms with Crippen molar-refractivity contribution in [1.29, 1.82) is 0 Å². The van der Waals surface area contributed by atoms with Gasteiger partial charge in [0.2, 0.25) is 0 Å². The maximum absolute atomic E-state index is 6.70. The van der Waals surface area contributed by atoms with Gasteiger partial charge in [-0.3, -0.25) is 0 Å². The molecule has 8 aromatic carbocycles. The summed E-state index contributed by atoms with van der Waals surface area (Å²) < 4.78 is 9.34. The molecule has 1 aliphatic rings. The normalized spacial score (nSPS) is 13.3. The Morgan fingerprint density at radius 3 is 1.41 bits per heavy atom. The summed E-state index contributed by atoms with van der Waals surface area (Å²) in [4.78, 5) is 0. The summed E-state index contributed by atoms with van der Waals surface area (Å²) in [6.07, 6.45) is 0. The number of hydrogen-bond acceptors (Lipinski definition) is 2. The minimum Gasteiger partial charge on any atom is -0.455 e. The molecular weight excluding hydrogens is 637 g/mol. The second kappa shape index (κ2) is 10.9. The van der Waals surface area contributed by atoms with Crippen molar-refractivity contribution in [3.8, 4) is 33.4 Å². The Morgan fingerprint density at radius 2 is 0.765 bits per heavy atom. The van der Waals surface area contributed by atoms with Crippen molar-refractivity contribution in [3.05, 3.63) is 204 Å². The lowest BCUT2D eigenvalue weighted by Crippen LogP contribution is -2.30. The van der Waals surface area contributed by atoms with E-state index in [0.717, 1.165) is 27.5 Å². The molecule has 11 rings (SSSR count). The number of hydrogen-bond donors (Lipinski definition) is 0. The molecule has 2 aromatic heterocycles. The van der Waals surface area contributed by atoms with Gasteiger partial charge in [-0.25, -0.2) is 0 Å².